The molecule has 5 nitrogen and oxygen atoms in total. The van der Waals surface area contributed by atoms with Crippen LogP contribution >= 0.6 is 11.8 Å². The Morgan fingerprint density at radius 3 is 2.92 bits per heavy atom. The van der Waals surface area contributed by atoms with Crippen LogP contribution in [0.15, 0.2) is 58.7 Å². The van der Waals surface area contributed by atoms with Gasteiger partial charge in [0.2, 0.25) is 5.91 Å². The normalized spacial score (nSPS) is 32.3. The van der Waals surface area contributed by atoms with Gasteiger partial charge < -0.3 is 5.73 Å². The van der Waals surface area contributed by atoms with E-state index < -0.39 is 5.54 Å². The largest absolute Gasteiger partial charge is 0.369 e. The highest BCUT2D eigenvalue weighted by Gasteiger charge is 2.37. The fourth-order valence-electron chi connectivity index (χ4n) is 3.06. The van der Waals surface area contributed by atoms with Crippen molar-refractivity contribution in [2.24, 2.45) is 16.6 Å². The number of nitrogens with two attached hydrogens (primary N) is 1. The molecule has 3 rings (SSSR count). The average molecular weight is 369 g/mol. The van der Waals surface area contributed by atoms with Crippen LogP contribution < -0.4 is 5.73 Å². The molecule has 1 unspecified atom stereocenters. The van der Waals surface area contributed by atoms with Crippen molar-refractivity contribution in [3.8, 4) is 0 Å². The standard InChI is InChI=1S/C20H24N4OS/c1-14-6-8-26-13-16(15-5-4-7-22-12-15)10-17(9-14)20(2)11-18(25)24(3)19(21)23-20/h4-10,12,14H,11,13H2,1-3H3,(H2,21,23)/b8-6-,16-10+,17-9+/t14?,20-/m0/s1. The van der Waals surface area contributed by atoms with Crippen molar-refractivity contribution in [3.05, 3.63) is 59.3 Å². The van der Waals surface area contributed by atoms with E-state index in [4.69, 9.17) is 5.73 Å². The number of rotatable bonds is 2. The second-order valence-electron chi connectivity index (χ2n) is 6.91. The first-order valence-electron chi connectivity index (χ1n) is 8.62. The topological polar surface area (TPSA) is 71.6 Å². The molecule has 6 heteroatoms. The van der Waals surface area contributed by atoms with Gasteiger partial charge in [0.15, 0.2) is 5.96 Å². The number of guanidine groups is 1. The highest BCUT2D eigenvalue weighted by Crippen LogP contribution is 2.35. The van der Waals surface area contributed by atoms with E-state index in [1.165, 1.54) is 4.90 Å². The van der Waals surface area contributed by atoms with E-state index in [-0.39, 0.29) is 17.8 Å². The second-order valence-corrected chi connectivity index (χ2v) is 7.80. The Morgan fingerprint density at radius 2 is 2.23 bits per heavy atom. The summed E-state index contributed by atoms with van der Waals surface area (Å²) in [6.45, 7) is 4.11. The Labute approximate surface area is 158 Å². The molecule has 2 aliphatic rings. The van der Waals surface area contributed by atoms with E-state index >= 15 is 0 Å². The molecule has 0 aromatic carbocycles. The van der Waals surface area contributed by atoms with Crippen LogP contribution in [0.3, 0.4) is 0 Å². The first-order chi connectivity index (χ1) is 12.4. The Balaban J connectivity index is 2.11. The van der Waals surface area contributed by atoms with Gasteiger partial charge in [-0.1, -0.05) is 31.2 Å². The molecular formula is C20H24N4OS. The summed E-state index contributed by atoms with van der Waals surface area (Å²) >= 11 is 1.75. The third-order valence-corrected chi connectivity index (χ3v) is 5.55. The highest BCUT2D eigenvalue weighted by molar-refractivity contribution is 8.02. The minimum Gasteiger partial charge on any atom is -0.369 e. The van der Waals surface area contributed by atoms with Gasteiger partial charge in [-0.15, -0.1) is 11.8 Å². The van der Waals surface area contributed by atoms with E-state index in [1.807, 2.05) is 19.2 Å². The number of aliphatic imine (C=N–C) groups is 1. The molecule has 2 N–H and O–H groups in total. The number of thioether (sulfide) groups is 1. The van der Waals surface area contributed by atoms with Crippen LogP contribution in [0.5, 0.6) is 0 Å². The maximum absolute atomic E-state index is 12.4. The summed E-state index contributed by atoms with van der Waals surface area (Å²) in [4.78, 5) is 22.7. The zero-order valence-electron chi connectivity index (χ0n) is 15.3. The maximum Gasteiger partial charge on any atom is 0.231 e. The minimum absolute atomic E-state index is 0.0188. The van der Waals surface area contributed by atoms with Crippen molar-refractivity contribution in [2.75, 3.05) is 12.8 Å². The number of allylic oxidation sites excluding steroid dienone is 2. The molecule has 26 heavy (non-hydrogen) atoms. The van der Waals surface area contributed by atoms with Crippen LogP contribution in [0, 0.1) is 5.92 Å². The Kier molecular flexibility index (Phi) is 5.32. The van der Waals surface area contributed by atoms with E-state index in [2.05, 4.69) is 46.6 Å². The van der Waals surface area contributed by atoms with Crippen molar-refractivity contribution in [1.82, 2.24) is 9.88 Å². The van der Waals surface area contributed by atoms with Gasteiger partial charge in [-0.25, -0.2) is 4.99 Å². The van der Waals surface area contributed by atoms with Crippen LogP contribution in [-0.4, -0.2) is 40.1 Å². The van der Waals surface area contributed by atoms with E-state index in [9.17, 15) is 4.79 Å². The molecule has 136 valence electrons. The van der Waals surface area contributed by atoms with Crippen molar-refractivity contribution in [1.29, 1.82) is 0 Å². The Morgan fingerprint density at radius 1 is 1.42 bits per heavy atom. The molecule has 0 fully saturated rings. The molecule has 0 bridgehead atoms. The number of aromatic nitrogens is 1. The van der Waals surface area contributed by atoms with Crippen LogP contribution in [0.25, 0.3) is 5.57 Å². The van der Waals surface area contributed by atoms with Crippen molar-refractivity contribution in [2.45, 2.75) is 25.8 Å². The number of nitrogens with zero attached hydrogens (tertiary/aromatic N) is 3. The summed E-state index contributed by atoms with van der Waals surface area (Å²) in [5, 5.41) is 2.13. The van der Waals surface area contributed by atoms with E-state index in [0.29, 0.717) is 6.42 Å². The number of pyridine rings is 1. The zero-order valence-corrected chi connectivity index (χ0v) is 16.2. The first kappa shape index (κ1) is 18.5. The summed E-state index contributed by atoms with van der Waals surface area (Å²) < 4.78 is 0. The highest BCUT2D eigenvalue weighted by atomic mass is 32.2. The molecule has 3 heterocycles. The quantitative estimate of drug-likeness (QED) is 0.870. The third kappa shape index (κ3) is 3.90. The lowest BCUT2D eigenvalue weighted by Gasteiger charge is -2.35. The third-order valence-electron chi connectivity index (χ3n) is 4.72. The molecule has 2 aliphatic heterocycles. The molecule has 1 aromatic heterocycles. The molecule has 1 amide bonds. The number of hydrogen-bond donors (Lipinski definition) is 1. The summed E-state index contributed by atoms with van der Waals surface area (Å²) in [6, 6.07) is 3.99. The van der Waals surface area contributed by atoms with Crippen LogP contribution in [0.4, 0.5) is 0 Å². The minimum atomic E-state index is -0.668. The zero-order chi connectivity index (χ0) is 18.7. The van der Waals surface area contributed by atoms with Gasteiger partial charge in [-0.05, 0) is 41.0 Å². The summed E-state index contributed by atoms with van der Waals surface area (Å²) in [5.74, 6) is 1.31. The van der Waals surface area contributed by atoms with Crippen LogP contribution in [0.1, 0.15) is 25.8 Å². The van der Waals surface area contributed by atoms with E-state index in [0.717, 1.165) is 22.5 Å². The van der Waals surface area contributed by atoms with Gasteiger partial charge >= 0.3 is 0 Å². The molecule has 0 aliphatic carbocycles. The monoisotopic (exact) mass is 368 g/mol. The Hall–Kier alpha value is -2.34. The summed E-state index contributed by atoms with van der Waals surface area (Å²) in [5.41, 5.74) is 8.60. The van der Waals surface area contributed by atoms with Crippen LogP contribution in [-0.2, 0) is 4.79 Å². The van der Waals surface area contributed by atoms with Crippen molar-refractivity contribution in [3.63, 3.8) is 0 Å². The fraction of sp³-hybridized carbons (Fsp3) is 0.350. The number of carbonyl (C=O) groups is 1. The van der Waals surface area contributed by atoms with Gasteiger partial charge in [0.1, 0.15) is 0 Å². The number of amides is 1. The average Bonchev–Trinajstić information content (AvgIpc) is 2.71. The van der Waals surface area contributed by atoms with Crippen molar-refractivity contribution >= 4 is 29.2 Å². The SMILES string of the molecule is CC1/C=C\SC/C(c2cccnc2)=C\C([C@]2(C)CC(=O)N(C)C(N)=N2)=C/1. The molecular weight excluding hydrogens is 344 g/mol. The second kappa shape index (κ2) is 7.50. The Bertz CT molecular complexity index is 812. The summed E-state index contributed by atoms with van der Waals surface area (Å²) in [6.07, 6.45) is 10.4. The van der Waals surface area contributed by atoms with E-state index in [1.54, 1.807) is 25.0 Å². The fourth-order valence-corrected chi connectivity index (χ4v) is 3.95. The lowest BCUT2D eigenvalue weighted by atomic mass is 9.83. The maximum atomic E-state index is 12.4. The van der Waals surface area contributed by atoms with Gasteiger partial charge in [-0.3, -0.25) is 14.7 Å². The van der Waals surface area contributed by atoms with Gasteiger partial charge in [0, 0.05) is 25.2 Å². The van der Waals surface area contributed by atoms with Gasteiger partial charge in [-0.2, -0.15) is 0 Å². The molecule has 2 atom stereocenters. The molecule has 1 aromatic rings. The number of carbonyl (C=O) groups excluding carboxylic acids is 1. The predicted molar refractivity (Wildman–Crippen MR) is 108 cm³/mol. The molecule has 0 saturated heterocycles. The summed E-state index contributed by atoms with van der Waals surface area (Å²) in [7, 11) is 1.66. The molecule has 0 saturated carbocycles. The molecule has 0 radical (unpaired) electrons. The number of hydrogen-bond acceptors (Lipinski definition) is 5. The predicted octanol–water partition coefficient (Wildman–Crippen LogP) is 3.22. The van der Waals surface area contributed by atoms with Crippen LogP contribution in [0.2, 0.25) is 0 Å². The van der Waals surface area contributed by atoms with Gasteiger partial charge in [0.25, 0.3) is 0 Å². The first-order valence-corrected chi connectivity index (χ1v) is 9.67. The molecule has 0 spiro atoms. The smallest absolute Gasteiger partial charge is 0.231 e. The van der Waals surface area contributed by atoms with Gasteiger partial charge in [0.05, 0.1) is 12.0 Å². The van der Waals surface area contributed by atoms with Crippen molar-refractivity contribution < 1.29 is 4.79 Å². The lowest BCUT2D eigenvalue weighted by molar-refractivity contribution is -0.128. The lowest BCUT2D eigenvalue weighted by Crippen LogP contribution is -2.49.